The second-order valence-corrected chi connectivity index (χ2v) is 6.63. The third-order valence-corrected chi connectivity index (χ3v) is 4.73. The molecule has 2 aromatic rings. The monoisotopic (exact) mass is 413 g/mol. The van der Waals surface area contributed by atoms with E-state index < -0.39 is 0 Å². The molecule has 10 nitrogen and oxygen atoms in total. The van der Waals surface area contributed by atoms with Gasteiger partial charge in [-0.3, -0.25) is 9.79 Å². The number of nitrogens with zero attached hydrogens (tertiary/aromatic N) is 5. The highest BCUT2D eigenvalue weighted by Crippen LogP contribution is 2.29. The molecule has 0 unspecified atom stereocenters. The second-order valence-electron chi connectivity index (χ2n) is 6.63. The number of methoxy groups -OCH3 is 2. The molecule has 160 valence electrons. The summed E-state index contributed by atoms with van der Waals surface area (Å²) >= 11 is 0. The number of aromatic nitrogens is 2. The van der Waals surface area contributed by atoms with Gasteiger partial charge in [0.1, 0.15) is 0 Å². The lowest BCUT2D eigenvalue weighted by molar-refractivity contribution is -0.131. The van der Waals surface area contributed by atoms with E-state index >= 15 is 0 Å². The highest BCUT2D eigenvalue weighted by molar-refractivity contribution is 5.92. The number of nitrogens with two attached hydrogens (primary N) is 1. The molecule has 0 aliphatic carbocycles. The molecule has 30 heavy (non-hydrogen) atoms. The molecule has 0 spiro atoms. The molecule has 0 radical (unpaired) electrons. The van der Waals surface area contributed by atoms with Crippen molar-refractivity contribution < 1.29 is 14.3 Å². The molecule has 0 atom stereocenters. The zero-order valence-corrected chi connectivity index (χ0v) is 17.2. The molecule has 1 aromatic carbocycles. The van der Waals surface area contributed by atoms with Crippen molar-refractivity contribution in [3.8, 4) is 11.5 Å². The minimum Gasteiger partial charge on any atom is -0.493 e. The summed E-state index contributed by atoms with van der Waals surface area (Å²) < 4.78 is 10.5. The number of carbonyl (C=O) groups is 1. The lowest BCUT2D eigenvalue weighted by Gasteiger charge is -2.34. The lowest BCUT2D eigenvalue weighted by atomic mass is 10.2. The summed E-state index contributed by atoms with van der Waals surface area (Å²) in [6.45, 7) is 3.01. The van der Waals surface area contributed by atoms with Gasteiger partial charge in [0.2, 0.25) is 11.9 Å². The van der Waals surface area contributed by atoms with E-state index in [-0.39, 0.29) is 11.9 Å². The number of hydrogen-bond acceptors (Lipinski definition) is 7. The molecule has 2 heterocycles. The van der Waals surface area contributed by atoms with Crippen molar-refractivity contribution >= 4 is 23.5 Å². The van der Waals surface area contributed by atoms with Crippen LogP contribution in [0.5, 0.6) is 11.5 Å². The molecule has 3 rings (SSSR count). The van der Waals surface area contributed by atoms with Crippen LogP contribution in [0.3, 0.4) is 0 Å². The van der Waals surface area contributed by atoms with E-state index in [9.17, 15) is 4.79 Å². The fourth-order valence-corrected chi connectivity index (χ4v) is 3.14. The highest BCUT2D eigenvalue weighted by Gasteiger charge is 2.22. The maximum absolute atomic E-state index is 12.5. The Morgan fingerprint density at radius 2 is 1.83 bits per heavy atom. The highest BCUT2D eigenvalue weighted by atomic mass is 16.5. The average Bonchev–Trinajstić information content (AvgIpc) is 2.79. The van der Waals surface area contributed by atoms with Crippen molar-refractivity contribution in [2.45, 2.75) is 6.42 Å². The number of carbonyl (C=O) groups excluding carboxylic acids is 1. The van der Waals surface area contributed by atoms with Crippen molar-refractivity contribution in [2.75, 3.05) is 57.2 Å². The van der Waals surface area contributed by atoms with Gasteiger partial charge in [-0.1, -0.05) is 0 Å². The Hall–Kier alpha value is -3.56. The van der Waals surface area contributed by atoms with Crippen molar-refractivity contribution in [3.05, 3.63) is 36.7 Å². The van der Waals surface area contributed by atoms with Crippen LogP contribution in [0.1, 0.15) is 6.42 Å². The smallest absolute Gasteiger partial charge is 0.225 e. The molecule has 1 amide bonds. The van der Waals surface area contributed by atoms with E-state index in [0.29, 0.717) is 56.6 Å². The van der Waals surface area contributed by atoms with Gasteiger partial charge in [-0.15, -0.1) is 0 Å². The fourth-order valence-electron chi connectivity index (χ4n) is 3.14. The largest absolute Gasteiger partial charge is 0.493 e. The molecular weight excluding hydrogens is 386 g/mol. The van der Waals surface area contributed by atoms with Crippen LogP contribution in [-0.2, 0) is 4.79 Å². The predicted octanol–water partition coefficient (Wildman–Crippen LogP) is 0.959. The van der Waals surface area contributed by atoms with Gasteiger partial charge in [-0.05, 0) is 18.2 Å². The quantitative estimate of drug-likeness (QED) is 0.509. The van der Waals surface area contributed by atoms with Gasteiger partial charge in [0, 0.05) is 56.7 Å². The molecule has 0 bridgehead atoms. The van der Waals surface area contributed by atoms with Crippen LogP contribution < -0.4 is 25.4 Å². The summed E-state index contributed by atoms with van der Waals surface area (Å²) in [4.78, 5) is 29.1. The molecule has 10 heteroatoms. The number of piperazine rings is 1. The Labute approximate surface area is 175 Å². The first-order valence-electron chi connectivity index (χ1n) is 9.69. The molecule has 1 fully saturated rings. The van der Waals surface area contributed by atoms with Crippen LogP contribution in [0.2, 0.25) is 0 Å². The number of benzene rings is 1. The zero-order chi connectivity index (χ0) is 21.3. The Morgan fingerprint density at radius 1 is 1.13 bits per heavy atom. The van der Waals surface area contributed by atoms with E-state index in [1.54, 1.807) is 44.8 Å². The van der Waals surface area contributed by atoms with Crippen LogP contribution >= 0.6 is 0 Å². The van der Waals surface area contributed by atoms with Gasteiger partial charge in [0.25, 0.3) is 0 Å². The molecule has 3 N–H and O–H groups in total. The van der Waals surface area contributed by atoms with Crippen LogP contribution in [0.15, 0.2) is 41.7 Å². The predicted molar refractivity (Wildman–Crippen MR) is 115 cm³/mol. The lowest BCUT2D eigenvalue weighted by Crippen LogP contribution is -2.49. The summed E-state index contributed by atoms with van der Waals surface area (Å²) in [5.74, 6) is 2.21. The number of nitrogens with one attached hydrogen (secondary N) is 1. The minimum atomic E-state index is 0.0614. The number of amides is 1. The number of guanidine groups is 1. The average molecular weight is 413 g/mol. The number of anilines is 2. The van der Waals surface area contributed by atoms with Gasteiger partial charge < -0.3 is 30.3 Å². The van der Waals surface area contributed by atoms with E-state index in [2.05, 4.69) is 25.2 Å². The zero-order valence-electron chi connectivity index (χ0n) is 17.2. The molecule has 1 saturated heterocycles. The molecule has 1 aliphatic rings. The maximum Gasteiger partial charge on any atom is 0.225 e. The van der Waals surface area contributed by atoms with E-state index in [0.717, 1.165) is 5.69 Å². The third kappa shape index (κ3) is 5.49. The van der Waals surface area contributed by atoms with E-state index in [1.807, 2.05) is 11.0 Å². The minimum absolute atomic E-state index is 0.0614. The van der Waals surface area contributed by atoms with Gasteiger partial charge in [0.05, 0.1) is 20.8 Å². The second kappa shape index (κ2) is 10.3. The third-order valence-electron chi connectivity index (χ3n) is 4.73. The van der Waals surface area contributed by atoms with Crippen LogP contribution in [-0.4, -0.2) is 73.7 Å². The first-order valence-corrected chi connectivity index (χ1v) is 9.69. The van der Waals surface area contributed by atoms with Crippen LogP contribution in [0.4, 0.5) is 11.6 Å². The van der Waals surface area contributed by atoms with E-state index in [1.165, 1.54) is 0 Å². The van der Waals surface area contributed by atoms with Crippen LogP contribution in [0.25, 0.3) is 0 Å². The van der Waals surface area contributed by atoms with Crippen molar-refractivity contribution in [3.63, 3.8) is 0 Å². The van der Waals surface area contributed by atoms with Crippen LogP contribution in [0, 0.1) is 0 Å². The number of rotatable bonds is 7. The fraction of sp³-hybridized carbons (Fsp3) is 0.400. The Balaban J connectivity index is 1.44. The van der Waals surface area contributed by atoms with Gasteiger partial charge >= 0.3 is 0 Å². The number of aliphatic imine (C=N–C) groups is 1. The Bertz CT molecular complexity index is 868. The van der Waals surface area contributed by atoms with Crippen molar-refractivity contribution in [1.82, 2.24) is 14.9 Å². The first-order chi connectivity index (χ1) is 14.6. The molecular formula is C20H27N7O3. The number of ether oxygens (including phenoxy) is 2. The summed E-state index contributed by atoms with van der Waals surface area (Å²) in [6.07, 6.45) is 3.74. The molecule has 1 aromatic heterocycles. The standard InChI is InChI=1S/C20H27N7O3/c1-29-16-5-4-15(14-17(16)30-2)25-19(21)22-9-6-18(28)26-10-12-27(13-11-26)20-23-7-3-8-24-20/h3-5,7-8,14H,6,9-13H2,1-2H3,(H3,21,22,25). The van der Waals surface area contributed by atoms with Gasteiger partial charge in [-0.2, -0.15) is 0 Å². The van der Waals surface area contributed by atoms with Crippen molar-refractivity contribution in [2.24, 2.45) is 10.7 Å². The summed E-state index contributed by atoms with van der Waals surface area (Å²) in [6, 6.07) is 7.14. The Kier molecular flexibility index (Phi) is 7.25. The molecule has 1 aliphatic heterocycles. The molecule has 0 saturated carbocycles. The topological polar surface area (TPSA) is 118 Å². The normalized spacial score (nSPS) is 14.4. The van der Waals surface area contributed by atoms with Crippen molar-refractivity contribution in [1.29, 1.82) is 0 Å². The number of hydrogen-bond donors (Lipinski definition) is 2. The van der Waals surface area contributed by atoms with E-state index in [4.69, 9.17) is 15.2 Å². The first kappa shape index (κ1) is 21.2. The van der Waals surface area contributed by atoms with Gasteiger partial charge in [-0.25, -0.2) is 9.97 Å². The maximum atomic E-state index is 12.5. The van der Waals surface area contributed by atoms with Gasteiger partial charge in [0.15, 0.2) is 17.5 Å². The summed E-state index contributed by atoms with van der Waals surface area (Å²) in [7, 11) is 3.14. The summed E-state index contributed by atoms with van der Waals surface area (Å²) in [5, 5.41) is 2.99. The summed E-state index contributed by atoms with van der Waals surface area (Å²) in [5.41, 5.74) is 6.66. The SMILES string of the molecule is COc1ccc(NC(N)=NCCC(=O)N2CCN(c3ncccn3)CC2)cc1OC. The Morgan fingerprint density at radius 3 is 2.50 bits per heavy atom.